The highest BCUT2D eigenvalue weighted by molar-refractivity contribution is 6.32. The van der Waals surface area contributed by atoms with Crippen LogP contribution in [0.2, 0.25) is 5.02 Å². The summed E-state index contributed by atoms with van der Waals surface area (Å²) in [7, 11) is 0. The predicted octanol–water partition coefficient (Wildman–Crippen LogP) is 0.808. The fourth-order valence-corrected chi connectivity index (χ4v) is 5.86. The minimum Gasteiger partial charge on any atom is -0.370 e. The molecule has 5 N–H and O–H groups in total. The van der Waals surface area contributed by atoms with Gasteiger partial charge in [-0.15, -0.1) is 0 Å². The quantitative estimate of drug-likeness (QED) is 0.562. The van der Waals surface area contributed by atoms with Crippen molar-refractivity contribution in [2.24, 2.45) is 17.6 Å². The minimum absolute atomic E-state index is 0.0642. The van der Waals surface area contributed by atoms with E-state index in [0.717, 1.165) is 5.56 Å². The Morgan fingerprint density at radius 3 is 2.58 bits per heavy atom. The van der Waals surface area contributed by atoms with Gasteiger partial charge in [-0.3, -0.25) is 24.1 Å². The summed E-state index contributed by atoms with van der Waals surface area (Å²) in [5.74, 6) is -3.13. The summed E-state index contributed by atoms with van der Waals surface area (Å²) in [5.41, 5.74) is 6.84. The molecule has 33 heavy (non-hydrogen) atoms. The van der Waals surface area contributed by atoms with Crippen LogP contribution in [0, 0.1) is 18.8 Å². The number of hydrogen-bond donors (Lipinski definition) is 3. The standard InChI is InChI=1S/C24H23ClN4O4/c1-12-15(25)8-7-14-20(12)27-23(33)24(14)19-18(16(28-24)9-10-17(26)30)21(31)29(22(19)32)11-13-5-3-2-4-6-13/h2-8,16,18-19,28H,9-11H2,1H3,(H2,26,30)(H,27,33)/p+1/t16-,18+,19-,24+/m0/s1. The van der Waals surface area contributed by atoms with Crippen LogP contribution in [0.4, 0.5) is 5.69 Å². The highest BCUT2D eigenvalue weighted by Crippen LogP contribution is 2.51. The van der Waals surface area contributed by atoms with E-state index in [-0.39, 0.29) is 30.7 Å². The lowest BCUT2D eigenvalue weighted by atomic mass is 9.76. The molecule has 0 radical (unpaired) electrons. The molecule has 0 bridgehead atoms. The molecule has 0 aromatic heterocycles. The van der Waals surface area contributed by atoms with E-state index in [4.69, 9.17) is 17.3 Å². The van der Waals surface area contributed by atoms with Crippen molar-refractivity contribution in [3.8, 4) is 0 Å². The average molecular weight is 468 g/mol. The van der Waals surface area contributed by atoms with Crippen LogP contribution in [0.1, 0.15) is 29.5 Å². The van der Waals surface area contributed by atoms with E-state index in [9.17, 15) is 19.2 Å². The van der Waals surface area contributed by atoms with Gasteiger partial charge < -0.3 is 16.4 Å². The van der Waals surface area contributed by atoms with Crippen molar-refractivity contribution in [1.29, 1.82) is 0 Å². The summed E-state index contributed by atoms with van der Waals surface area (Å²) in [5, 5.41) is 5.22. The molecule has 2 saturated heterocycles. The second-order valence-electron chi connectivity index (χ2n) is 9.01. The van der Waals surface area contributed by atoms with Crippen molar-refractivity contribution < 1.29 is 24.5 Å². The molecule has 3 aliphatic rings. The molecule has 4 amide bonds. The lowest BCUT2D eigenvalue weighted by molar-refractivity contribution is -0.734. The molecule has 2 aromatic carbocycles. The molecule has 5 rings (SSSR count). The molecule has 0 unspecified atom stereocenters. The van der Waals surface area contributed by atoms with Gasteiger partial charge in [-0.2, -0.15) is 0 Å². The van der Waals surface area contributed by atoms with Gasteiger partial charge in [0.15, 0.2) is 0 Å². The van der Waals surface area contributed by atoms with Gasteiger partial charge in [0, 0.05) is 23.4 Å². The van der Waals surface area contributed by atoms with Crippen LogP contribution in [0.5, 0.6) is 0 Å². The number of anilines is 1. The van der Waals surface area contributed by atoms with E-state index in [2.05, 4.69) is 5.32 Å². The molecular weight excluding hydrogens is 444 g/mol. The van der Waals surface area contributed by atoms with E-state index in [1.807, 2.05) is 30.3 Å². The van der Waals surface area contributed by atoms with Crippen LogP contribution in [0.25, 0.3) is 0 Å². The average Bonchev–Trinajstić information content (AvgIpc) is 3.37. The maximum Gasteiger partial charge on any atom is 0.291 e. The highest BCUT2D eigenvalue weighted by atomic mass is 35.5. The first kappa shape index (κ1) is 21.6. The number of carbonyl (C=O) groups is 4. The molecular formula is C24H24ClN4O4+. The molecule has 2 aromatic rings. The summed E-state index contributed by atoms with van der Waals surface area (Å²) in [6, 6.07) is 12.3. The maximum absolute atomic E-state index is 13.7. The Labute approximate surface area is 195 Å². The van der Waals surface area contributed by atoms with Crippen molar-refractivity contribution in [2.75, 3.05) is 5.32 Å². The molecule has 170 valence electrons. The third-order valence-electron chi connectivity index (χ3n) is 7.24. The number of rotatable bonds is 5. The largest absolute Gasteiger partial charge is 0.370 e. The second-order valence-corrected chi connectivity index (χ2v) is 9.41. The van der Waals surface area contributed by atoms with E-state index >= 15 is 0 Å². The molecule has 2 fully saturated rings. The Balaban J connectivity index is 1.61. The van der Waals surface area contributed by atoms with Crippen LogP contribution in [0.3, 0.4) is 0 Å². The number of amides is 4. The van der Waals surface area contributed by atoms with Crippen molar-refractivity contribution in [3.63, 3.8) is 0 Å². The lowest BCUT2D eigenvalue weighted by Crippen LogP contribution is -2.99. The van der Waals surface area contributed by atoms with Gasteiger partial charge in [-0.05, 0) is 30.2 Å². The molecule has 8 nitrogen and oxygen atoms in total. The Morgan fingerprint density at radius 1 is 1.15 bits per heavy atom. The van der Waals surface area contributed by atoms with Gasteiger partial charge in [0.1, 0.15) is 17.9 Å². The zero-order valence-corrected chi connectivity index (χ0v) is 18.8. The van der Waals surface area contributed by atoms with Crippen LogP contribution in [-0.2, 0) is 31.3 Å². The van der Waals surface area contributed by atoms with Gasteiger partial charge in [-0.1, -0.05) is 41.9 Å². The SMILES string of the molecule is Cc1c(Cl)ccc2c1NC(=O)[C@@]21[NH2+][C@@H](CCC(N)=O)[C@H]2C(=O)N(Cc3ccccc3)C(=O)[C@H]21. The number of carbonyl (C=O) groups excluding carboxylic acids is 4. The third kappa shape index (κ3) is 3.08. The summed E-state index contributed by atoms with van der Waals surface area (Å²) in [6.45, 7) is 1.94. The second kappa shape index (κ2) is 7.67. The summed E-state index contributed by atoms with van der Waals surface area (Å²) in [6.07, 6.45) is 0.361. The first-order chi connectivity index (χ1) is 15.8. The summed E-state index contributed by atoms with van der Waals surface area (Å²) >= 11 is 6.28. The Morgan fingerprint density at radius 2 is 1.88 bits per heavy atom. The lowest BCUT2D eigenvalue weighted by Gasteiger charge is -2.26. The van der Waals surface area contributed by atoms with Gasteiger partial charge in [-0.25, -0.2) is 0 Å². The zero-order chi connectivity index (χ0) is 23.5. The Kier molecular flexibility index (Phi) is 5.02. The fraction of sp³-hybridized carbons (Fsp3) is 0.333. The van der Waals surface area contributed by atoms with E-state index in [1.54, 1.807) is 24.4 Å². The number of quaternary nitrogens is 1. The number of halogens is 1. The zero-order valence-electron chi connectivity index (χ0n) is 18.0. The molecule has 0 saturated carbocycles. The first-order valence-corrected chi connectivity index (χ1v) is 11.3. The molecule has 1 spiro atoms. The smallest absolute Gasteiger partial charge is 0.291 e. The number of hydrogen-bond acceptors (Lipinski definition) is 4. The molecule has 0 aliphatic carbocycles. The number of imide groups is 1. The summed E-state index contributed by atoms with van der Waals surface area (Å²) in [4.78, 5) is 53.6. The van der Waals surface area contributed by atoms with Crippen molar-refractivity contribution in [1.82, 2.24) is 4.90 Å². The maximum atomic E-state index is 13.7. The highest BCUT2D eigenvalue weighted by Gasteiger charge is 2.74. The normalized spacial score (nSPS) is 27.8. The van der Waals surface area contributed by atoms with Crippen molar-refractivity contribution in [2.45, 2.75) is 37.9 Å². The number of nitrogens with one attached hydrogen (secondary N) is 1. The Bertz CT molecular complexity index is 1200. The number of benzene rings is 2. The minimum atomic E-state index is -1.30. The number of likely N-dealkylation sites (tertiary alicyclic amines) is 1. The van der Waals surface area contributed by atoms with Crippen LogP contribution in [0.15, 0.2) is 42.5 Å². The molecule has 4 atom stereocenters. The fourth-order valence-electron chi connectivity index (χ4n) is 5.71. The van der Waals surface area contributed by atoms with Gasteiger partial charge in [0.05, 0.1) is 12.2 Å². The molecule has 3 aliphatic heterocycles. The number of nitrogens with zero attached hydrogens (tertiary/aromatic N) is 1. The number of fused-ring (bicyclic) bond motifs is 4. The summed E-state index contributed by atoms with van der Waals surface area (Å²) < 4.78 is 0. The third-order valence-corrected chi connectivity index (χ3v) is 7.65. The number of primary amides is 1. The van der Waals surface area contributed by atoms with Gasteiger partial charge >= 0.3 is 0 Å². The van der Waals surface area contributed by atoms with Gasteiger partial charge in [0.25, 0.3) is 5.91 Å². The number of nitrogens with two attached hydrogens (primary N) is 2. The topological polar surface area (TPSA) is 126 Å². The van der Waals surface area contributed by atoms with Crippen molar-refractivity contribution >= 4 is 40.9 Å². The first-order valence-electron chi connectivity index (χ1n) is 10.9. The monoisotopic (exact) mass is 467 g/mol. The van der Waals surface area contributed by atoms with Crippen LogP contribution in [-0.4, -0.2) is 34.6 Å². The van der Waals surface area contributed by atoms with E-state index in [1.165, 1.54) is 4.90 Å². The predicted molar refractivity (Wildman–Crippen MR) is 120 cm³/mol. The van der Waals surface area contributed by atoms with Crippen LogP contribution >= 0.6 is 11.6 Å². The molecule has 3 heterocycles. The van der Waals surface area contributed by atoms with E-state index < -0.39 is 29.3 Å². The van der Waals surface area contributed by atoms with Crippen molar-refractivity contribution in [3.05, 3.63) is 64.2 Å². The van der Waals surface area contributed by atoms with E-state index in [0.29, 0.717) is 28.3 Å². The molecule has 9 heteroatoms. The van der Waals surface area contributed by atoms with Gasteiger partial charge in [0.2, 0.25) is 23.3 Å². The Hall–Kier alpha value is -3.23. The van der Waals surface area contributed by atoms with Crippen LogP contribution < -0.4 is 16.4 Å².